The summed E-state index contributed by atoms with van der Waals surface area (Å²) in [6, 6.07) is 56.6. The van der Waals surface area contributed by atoms with Crippen LogP contribution in [0.4, 0.5) is 0 Å². The minimum absolute atomic E-state index is 0.614. The Morgan fingerprint density at radius 2 is 0.925 bits per heavy atom. The summed E-state index contributed by atoms with van der Waals surface area (Å²) in [6.45, 7) is 0. The van der Waals surface area contributed by atoms with Crippen molar-refractivity contribution in [2.75, 3.05) is 0 Å². The van der Waals surface area contributed by atoms with Crippen LogP contribution < -0.4 is 0 Å². The van der Waals surface area contributed by atoms with Crippen molar-refractivity contribution in [2.24, 2.45) is 0 Å². The van der Waals surface area contributed by atoms with Gasteiger partial charge in [-0.05, 0) is 50.9 Å². The van der Waals surface area contributed by atoms with Crippen molar-refractivity contribution in [1.29, 1.82) is 0 Å². The maximum atomic E-state index is 6.28. The average Bonchev–Trinajstić information content (AvgIpc) is 3.62. The van der Waals surface area contributed by atoms with Crippen molar-refractivity contribution >= 4 is 65.2 Å². The van der Waals surface area contributed by atoms with Crippen LogP contribution in [0.1, 0.15) is 0 Å². The van der Waals surface area contributed by atoms with E-state index in [2.05, 4.69) is 127 Å². The van der Waals surface area contributed by atoms with Gasteiger partial charge in [0.15, 0.2) is 17.5 Å². The van der Waals surface area contributed by atoms with Crippen LogP contribution in [0.2, 0.25) is 0 Å². The SMILES string of the molecule is c1ccc(-c2nc(-c3cccc4c(-c5cccc6oc7ccccc7c56)cccc34)nc(-c3cc4c5ccccc5cnc4c4ccccc34)n2)cc1. The topological polar surface area (TPSA) is 64.7 Å². The van der Waals surface area contributed by atoms with Crippen LogP contribution in [0.25, 0.3) is 110 Å². The zero-order chi connectivity index (χ0) is 34.9. The van der Waals surface area contributed by atoms with Crippen molar-refractivity contribution in [2.45, 2.75) is 0 Å². The molecule has 0 saturated carbocycles. The maximum Gasteiger partial charge on any atom is 0.164 e. The second-order valence-electron chi connectivity index (χ2n) is 13.4. The number of nitrogens with zero attached hydrogens (tertiary/aromatic N) is 4. The van der Waals surface area contributed by atoms with Gasteiger partial charge in [0, 0.05) is 49.8 Å². The monoisotopic (exact) mass is 676 g/mol. The molecule has 11 aromatic rings. The fourth-order valence-electron chi connectivity index (χ4n) is 7.95. The highest BCUT2D eigenvalue weighted by Gasteiger charge is 2.20. The second kappa shape index (κ2) is 11.7. The van der Waals surface area contributed by atoms with E-state index >= 15 is 0 Å². The Labute approximate surface area is 303 Å². The number of hydrogen-bond acceptors (Lipinski definition) is 5. The van der Waals surface area contributed by atoms with E-state index in [4.69, 9.17) is 24.4 Å². The molecule has 0 amide bonds. The Morgan fingerprint density at radius 1 is 0.358 bits per heavy atom. The minimum Gasteiger partial charge on any atom is -0.456 e. The third-order valence-electron chi connectivity index (χ3n) is 10.4. The highest BCUT2D eigenvalue weighted by molar-refractivity contribution is 6.19. The Hall–Kier alpha value is -7.24. The Balaban J connectivity index is 1.18. The largest absolute Gasteiger partial charge is 0.456 e. The van der Waals surface area contributed by atoms with Crippen LogP contribution in [0.15, 0.2) is 174 Å². The number of para-hydroxylation sites is 1. The lowest BCUT2D eigenvalue weighted by molar-refractivity contribution is 0.669. The Kier molecular flexibility index (Phi) is 6.48. The molecule has 0 fully saturated rings. The second-order valence-corrected chi connectivity index (χ2v) is 13.4. The van der Waals surface area contributed by atoms with E-state index in [0.29, 0.717) is 17.5 Å². The van der Waals surface area contributed by atoms with Crippen LogP contribution in [0.5, 0.6) is 0 Å². The van der Waals surface area contributed by atoms with Crippen LogP contribution in [0.3, 0.4) is 0 Å². The molecule has 0 spiro atoms. The van der Waals surface area contributed by atoms with Crippen LogP contribution in [0, 0.1) is 0 Å². The summed E-state index contributed by atoms with van der Waals surface area (Å²) < 4.78 is 6.28. The first kappa shape index (κ1) is 29.5. The van der Waals surface area contributed by atoms with Crippen LogP contribution in [-0.4, -0.2) is 19.9 Å². The molecule has 5 nitrogen and oxygen atoms in total. The number of hydrogen-bond donors (Lipinski definition) is 0. The van der Waals surface area contributed by atoms with Gasteiger partial charge in [-0.15, -0.1) is 0 Å². The summed E-state index contributed by atoms with van der Waals surface area (Å²) >= 11 is 0. The molecule has 0 aliphatic heterocycles. The molecular formula is C48H28N4O. The zero-order valence-electron chi connectivity index (χ0n) is 28.4. The van der Waals surface area contributed by atoms with Gasteiger partial charge in [-0.3, -0.25) is 4.98 Å². The van der Waals surface area contributed by atoms with E-state index in [9.17, 15) is 0 Å². The first-order valence-corrected chi connectivity index (χ1v) is 17.7. The Bertz CT molecular complexity index is 3240. The van der Waals surface area contributed by atoms with Gasteiger partial charge >= 0.3 is 0 Å². The first-order chi connectivity index (χ1) is 26.3. The average molecular weight is 677 g/mol. The molecule has 8 aromatic carbocycles. The van der Waals surface area contributed by atoms with E-state index in [1.807, 2.05) is 42.6 Å². The van der Waals surface area contributed by atoms with Crippen LogP contribution in [-0.2, 0) is 0 Å². The molecule has 0 bridgehead atoms. The molecule has 3 heterocycles. The normalized spacial score (nSPS) is 11.8. The number of pyridine rings is 1. The van der Waals surface area contributed by atoms with E-state index in [1.165, 1.54) is 0 Å². The van der Waals surface area contributed by atoms with Gasteiger partial charge in [0.1, 0.15) is 11.2 Å². The highest BCUT2D eigenvalue weighted by Crippen LogP contribution is 2.42. The predicted molar refractivity (Wildman–Crippen MR) is 217 cm³/mol. The summed E-state index contributed by atoms with van der Waals surface area (Å²) in [6.07, 6.45) is 1.96. The summed E-state index contributed by atoms with van der Waals surface area (Å²) in [5.41, 5.74) is 7.76. The van der Waals surface area contributed by atoms with E-state index < -0.39 is 0 Å². The van der Waals surface area contributed by atoms with Gasteiger partial charge in [-0.1, -0.05) is 146 Å². The van der Waals surface area contributed by atoms with Gasteiger partial charge < -0.3 is 4.42 Å². The fourth-order valence-corrected chi connectivity index (χ4v) is 7.95. The van der Waals surface area contributed by atoms with E-state index in [-0.39, 0.29) is 0 Å². The lowest BCUT2D eigenvalue weighted by Crippen LogP contribution is -2.01. The van der Waals surface area contributed by atoms with Crippen LogP contribution >= 0.6 is 0 Å². The summed E-state index contributed by atoms with van der Waals surface area (Å²) in [5, 5.41) is 9.79. The van der Waals surface area contributed by atoms with Crippen molar-refractivity contribution in [3.63, 3.8) is 0 Å². The third kappa shape index (κ3) is 4.64. The predicted octanol–water partition coefficient (Wildman–Crippen LogP) is 12.4. The molecule has 0 atom stereocenters. The standard InChI is InChI=1S/C48H28N4O/c1-2-13-29(14-3-1)46-50-47(52-48(51-46)41-27-40-31-16-5-4-15-30(31)28-49-45(40)37-18-7-6-17-35(37)41)38-24-11-20-32-33(21-10-22-34(32)38)36-23-12-26-43-44(36)39-19-8-9-25-42(39)53-43/h1-28H. The smallest absolute Gasteiger partial charge is 0.164 e. The molecular weight excluding hydrogens is 649 g/mol. The Morgan fingerprint density at radius 3 is 1.77 bits per heavy atom. The van der Waals surface area contributed by atoms with Crippen molar-refractivity contribution < 1.29 is 4.42 Å². The third-order valence-corrected chi connectivity index (χ3v) is 10.4. The quantitative estimate of drug-likeness (QED) is 0.174. The molecule has 53 heavy (non-hydrogen) atoms. The summed E-state index contributed by atoms with van der Waals surface area (Å²) in [7, 11) is 0. The summed E-state index contributed by atoms with van der Waals surface area (Å²) in [5.74, 6) is 1.85. The molecule has 0 saturated heterocycles. The van der Waals surface area contributed by atoms with Crippen molar-refractivity contribution in [3.8, 4) is 45.3 Å². The molecule has 5 heteroatoms. The van der Waals surface area contributed by atoms with Gasteiger partial charge in [-0.25, -0.2) is 15.0 Å². The molecule has 0 N–H and O–H groups in total. The maximum absolute atomic E-state index is 6.28. The molecule has 11 rings (SSSR count). The molecule has 3 aromatic heterocycles. The van der Waals surface area contributed by atoms with Crippen molar-refractivity contribution in [3.05, 3.63) is 170 Å². The summed E-state index contributed by atoms with van der Waals surface area (Å²) in [4.78, 5) is 20.6. The van der Waals surface area contributed by atoms with Crippen molar-refractivity contribution in [1.82, 2.24) is 19.9 Å². The lowest BCUT2D eigenvalue weighted by Gasteiger charge is -2.14. The fraction of sp³-hybridized carbons (Fsp3) is 0. The number of benzene rings is 8. The number of aromatic nitrogens is 4. The molecule has 0 unspecified atom stereocenters. The van der Waals surface area contributed by atoms with E-state index in [1.54, 1.807) is 0 Å². The molecule has 0 aliphatic carbocycles. The van der Waals surface area contributed by atoms with Gasteiger partial charge in [-0.2, -0.15) is 0 Å². The minimum atomic E-state index is 0.614. The van der Waals surface area contributed by atoms with E-state index in [0.717, 1.165) is 93.0 Å². The number of furan rings is 1. The van der Waals surface area contributed by atoms with Gasteiger partial charge in [0.25, 0.3) is 0 Å². The molecule has 246 valence electrons. The number of rotatable bonds is 4. The lowest BCUT2D eigenvalue weighted by atomic mass is 9.93. The zero-order valence-corrected chi connectivity index (χ0v) is 28.4. The first-order valence-electron chi connectivity index (χ1n) is 17.7. The number of fused-ring (bicyclic) bond motifs is 9. The highest BCUT2D eigenvalue weighted by atomic mass is 16.3. The van der Waals surface area contributed by atoms with Gasteiger partial charge in [0.2, 0.25) is 0 Å². The van der Waals surface area contributed by atoms with Gasteiger partial charge in [0.05, 0.1) is 5.52 Å². The molecule has 0 radical (unpaired) electrons. The molecule has 0 aliphatic rings.